The van der Waals surface area contributed by atoms with Crippen LogP contribution < -0.4 is 9.21 Å². The second-order valence-corrected chi connectivity index (χ2v) is 9.35. The highest BCUT2D eigenvalue weighted by molar-refractivity contribution is 7.92. The van der Waals surface area contributed by atoms with Gasteiger partial charge >= 0.3 is 0 Å². The number of fused-ring (bicyclic) bond motifs is 1. The number of amides is 1. The van der Waals surface area contributed by atoms with Crippen molar-refractivity contribution < 1.29 is 22.0 Å². The lowest BCUT2D eigenvalue weighted by Gasteiger charge is -2.30. The molecule has 0 bridgehead atoms. The topological polar surface area (TPSA) is 57.7 Å². The Bertz CT molecular complexity index is 1280. The molecular formula is C24H22F2N2O3S. The van der Waals surface area contributed by atoms with Crippen molar-refractivity contribution in [3.8, 4) is 0 Å². The molecule has 1 heterocycles. The van der Waals surface area contributed by atoms with Gasteiger partial charge in [0.2, 0.25) is 0 Å². The number of para-hydroxylation sites is 1. The zero-order valence-corrected chi connectivity index (χ0v) is 18.3. The van der Waals surface area contributed by atoms with Crippen LogP contribution in [0.2, 0.25) is 0 Å². The summed E-state index contributed by atoms with van der Waals surface area (Å²) in [4.78, 5) is 14.4. The number of benzene rings is 3. The zero-order chi connectivity index (χ0) is 22.9. The van der Waals surface area contributed by atoms with Crippen LogP contribution in [0.3, 0.4) is 0 Å². The van der Waals surface area contributed by atoms with Crippen LogP contribution in [0.1, 0.15) is 29.3 Å². The molecule has 0 saturated carbocycles. The fourth-order valence-corrected chi connectivity index (χ4v) is 5.51. The first kappa shape index (κ1) is 22.0. The number of carbonyl (C=O) groups is 1. The Balaban J connectivity index is 1.69. The molecule has 0 unspecified atom stereocenters. The van der Waals surface area contributed by atoms with Crippen LogP contribution in [0.5, 0.6) is 0 Å². The van der Waals surface area contributed by atoms with Crippen LogP contribution in [0.15, 0.2) is 71.6 Å². The molecule has 0 radical (unpaired) electrons. The maximum atomic E-state index is 13.7. The van der Waals surface area contributed by atoms with E-state index in [4.69, 9.17) is 0 Å². The van der Waals surface area contributed by atoms with E-state index in [0.717, 1.165) is 24.1 Å². The molecule has 0 saturated heterocycles. The van der Waals surface area contributed by atoms with E-state index >= 15 is 0 Å². The molecule has 0 aliphatic carbocycles. The third kappa shape index (κ3) is 3.98. The lowest BCUT2D eigenvalue weighted by molar-refractivity contribution is 0.0988. The van der Waals surface area contributed by atoms with Crippen molar-refractivity contribution in [2.75, 3.05) is 22.3 Å². The van der Waals surface area contributed by atoms with Gasteiger partial charge in [-0.1, -0.05) is 24.3 Å². The molecule has 32 heavy (non-hydrogen) atoms. The molecule has 166 valence electrons. The summed E-state index contributed by atoms with van der Waals surface area (Å²) >= 11 is 0. The quantitative estimate of drug-likeness (QED) is 0.556. The van der Waals surface area contributed by atoms with Gasteiger partial charge in [0.05, 0.1) is 10.6 Å². The van der Waals surface area contributed by atoms with Crippen LogP contribution in [-0.4, -0.2) is 27.4 Å². The van der Waals surface area contributed by atoms with E-state index in [9.17, 15) is 22.0 Å². The molecule has 1 aliphatic heterocycles. The third-order valence-electron chi connectivity index (χ3n) is 5.51. The van der Waals surface area contributed by atoms with Gasteiger partial charge in [0.25, 0.3) is 15.9 Å². The van der Waals surface area contributed by atoms with Crippen molar-refractivity contribution in [3.63, 3.8) is 0 Å². The zero-order valence-electron chi connectivity index (χ0n) is 17.5. The summed E-state index contributed by atoms with van der Waals surface area (Å²) in [6.07, 6.45) is 1.51. The van der Waals surface area contributed by atoms with Crippen molar-refractivity contribution in [1.29, 1.82) is 0 Å². The SMILES string of the molecule is CCN(C(=O)c1cccc(S(=O)(=O)N2CCCc3ccccc32)c1)c1ccc(F)c(F)c1. The lowest BCUT2D eigenvalue weighted by Crippen LogP contribution is -2.36. The first-order valence-electron chi connectivity index (χ1n) is 10.3. The van der Waals surface area contributed by atoms with Gasteiger partial charge in [-0.15, -0.1) is 0 Å². The predicted octanol–water partition coefficient (Wildman–Crippen LogP) is 4.77. The normalized spacial score (nSPS) is 13.5. The van der Waals surface area contributed by atoms with Crippen LogP contribution in [0.25, 0.3) is 0 Å². The maximum absolute atomic E-state index is 13.7. The Morgan fingerprint density at radius 2 is 1.78 bits per heavy atom. The molecule has 0 atom stereocenters. The summed E-state index contributed by atoms with van der Waals surface area (Å²) in [5, 5.41) is 0. The van der Waals surface area contributed by atoms with Crippen molar-refractivity contribution in [2.24, 2.45) is 0 Å². The Labute approximate surface area is 186 Å². The van der Waals surface area contributed by atoms with Crippen molar-refractivity contribution in [1.82, 2.24) is 0 Å². The van der Waals surface area contributed by atoms with Crippen molar-refractivity contribution >= 4 is 27.3 Å². The van der Waals surface area contributed by atoms with Gasteiger partial charge in [-0.05, 0) is 61.7 Å². The van der Waals surface area contributed by atoms with Gasteiger partial charge in [0.1, 0.15) is 0 Å². The van der Waals surface area contributed by atoms with Gasteiger partial charge in [0.15, 0.2) is 11.6 Å². The van der Waals surface area contributed by atoms with Crippen LogP contribution in [0.4, 0.5) is 20.2 Å². The summed E-state index contributed by atoms with van der Waals surface area (Å²) in [5.41, 5.74) is 1.94. The van der Waals surface area contributed by atoms with Gasteiger partial charge in [-0.25, -0.2) is 17.2 Å². The van der Waals surface area contributed by atoms with E-state index in [1.54, 1.807) is 19.1 Å². The van der Waals surface area contributed by atoms with Gasteiger partial charge in [-0.3, -0.25) is 9.10 Å². The molecule has 1 aliphatic rings. The maximum Gasteiger partial charge on any atom is 0.264 e. The Morgan fingerprint density at radius 1 is 1.00 bits per heavy atom. The van der Waals surface area contributed by atoms with Crippen LogP contribution in [0, 0.1) is 11.6 Å². The smallest absolute Gasteiger partial charge is 0.264 e. The summed E-state index contributed by atoms with van der Waals surface area (Å²) < 4.78 is 55.2. The van der Waals surface area contributed by atoms with Gasteiger partial charge in [0, 0.05) is 30.4 Å². The molecule has 0 fully saturated rings. The largest absolute Gasteiger partial charge is 0.309 e. The van der Waals surface area contributed by atoms with E-state index < -0.39 is 27.6 Å². The summed E-state index contributed by atoms with van der Waals surface area (Å²) in [7, 11) is -3.89. The minimum absolute atomic E-state index is 0.00129. The molecular weight excluding hydrogens is 434 g/mol. The number of nitrogens with zero attached hydrogens (tertiary/aromatic N) is 2. The molecule has 0 spiro atoms. The highest BCUT2D eigenvalue weighted by Crippen LogP contribution is 2.32. The number of sulfonamides is 1. The monoisotopic (exact) mass is 456 g/mol. The fourth-order valence-electron chi connectivity index (χ4n) is 3.92. The van der Waals surface area contributed by atoms with E-state index in [1.807, 2.05) is 12.1 Å². The van der Waals surface area contributed by atoms with Crippen LogP contribution >= 0.6 is 0 Å². The van der Waals surface area contributed by atoms with E-state index in [-0.39, 0.29) is 22.7 Å². The Kier molecular flexibility index (Phi) is 5.97. The average molecular weight is 457 g/mol. The van der Waals surface area contributed by atoms with Crippen molar-refractivity contribution in [3.05, 3.63) is 89.5 Å². The second-order valence-electron chi connectivity index (χ2n) is 7.49. The first-order valence-corrected chi connectivity index (χ1v) is 11.7. The third-order valence-corrected chi connectivity index (χ3v) is 7.32. The standard InChI is InChI=1S/C24H22F2N2O3S/c1-2-27(19-12-13-21(25)22(26)16-19)24(29)18-8-5-10-20(15-18)32(30,31)28-14-6-9-17-7-3-4-11-23(17)28/h3-5,7-8,10-13,15-16H,2,6,9,14H2,1H3. The van der Waals surface area contributed by atoms with E-state index in [2.05, 4.69) is 0 Å². The average Bonchev–Trinajstić information content (AvgIpc) is 2.81. The van der Waals surface area contributed by atoms with Gasteiger partial charge in [-0.2, -0.15) is 0 Å². The molecule has 8 heteroatoms. The minimum Gasteiger partial charge on any atom is -0.309 e. The molecule has 3 aromatic rings. The summed E-state index contributed by atoms with van der Waals surface area (Å²) in [6.45, 7) is 2.25. The molecule has 0 N–H and O–H groups in total. The second kappa shape index (κ2) is 8.70. The molecule has 4 rings (SSSR count). The summed E-state index contributed by atoms with van der Waals surface area (Å²) in [6, 6.07) is 16.4. The number of halogens is 2. The minimum atomic E-state index is -3.89. The molecule has 3 aromatic carbocycles. The molecule has 0 aromatic heterocycles. The van der Waals surface area contributed by atoms with Gasteiger partial charge < -0.3 is 4.90 Å². The number of anilines is 2. The van der Waals surface area contributed by atoms with Crippen LogP contribution in [-0.2, 0) is 16.4 Å². The molecule has 1 amide bonds. The Hall–Kier alpha value is -3.26. The number of hydrogen-bond acceptors (Lipinski definition) is 3. The number of aryl methyl sites for hydroxylation is 1. The Morgan fingerprint density at radius 3 is 2.53 bits per heavy atom. The number of carbonyl (C=O) groups excluding carboxylic acids is 1. The molecule has 5 nitrogen and oxygen atoms in total. The highest BCUT2D eigenvalue weighted by Gasteiger charge is 2.30. The summed E-state index contributed by atoms with van der Waals surface area (Å²) in [5.74, 6) is -2.57. The number of hydrogen-bond donors (Lipinski definition) is 0. The number of rotatable bonds is 5. The fraction of sp³-hybridized carbons (Fsp3) is 0.208. The van der Waals surface area contributed by atoms with E-state index in [0.29, 0.717) is 18.7 Å². The lowest BCUT2D eigenvalue weighted by atomic mass is 10.0. The van der Waals surface area contributed by atoms with Crippen molar-refractivity contribution in [2.45, 2.75) is 24.7 Å². The first-order chi connectivity index (χ1) is 15.3. The highest BCUT2D eigenvalue weighted by atomic mass is 32.2. The van der Waals surface area contributed by atoms with E-state index in [1.165, 1.54) is 39.5 Å². The predicted molar refractivity (Wildman–Crippen MR) is 119 cm³/mol.